The summed E-state index contributed by atoms with van der Waals surface area (Å²) < 4.78 is 38.9. The highest BCUT2D eigenvalue weighted by Gasteiger charge is 2.31. The number of carbonyl (C=O) groups excluding carboxylic acids is 1. The van der Waals surface area contributed by atoms with E-state index >= 15 is 0 Å². The van der Waals surface area contributed by atoms with E-state index in [0.29, 0.717) is 11.8 Å². The van der Waals surface area contributed by atoms with Gasteiger partial charge in [-0.3, -0.25) is 15.6 Å². The number of anilines is 2. The molecule has 0 saturated carbocycles. The Labute approximate surface area is 152 Å². The quantitative estimate of drug-likeness (QED) is 0.548. The third kappa shape index (κ3) is 5.25. The number of alkyl halides is 3. The number of allylic oxidation sites excluding steroid dienone is 1. The van der Waals surface area contributed by atoms with E-state index in [0.717, 1.165) is 18.3 Å². The van der Waals surface area contributed by atoms with Crippen LogP contribution in [-0.4, -0.2) is 5.91 Å². The summed E-state index contributed by atoms with van der Waals surface area (Å²) in [5.74, 6) is -0.837. The molecular formula is C18H12F3N5O. The molecule has 0 aliphatic heterocycles. The highest BCUT2D eigenvalue weighted by atomic mass is 19.4. The number of hydrogen-bond acceptors (Lipinski definition) is 5. The summed E-state index contributed by atoms with van der Waals surface area (Å²) in [5.41, 5.74) is 3.79. The molecule has 0 saturated heterocycles. The van der Waals surface area contributed by atoms with Crippen LogP contribution in [-0.2, 0) is 6.18 Å². The minimum atomic E-state index is -4.64. The average Bonchev–Trinajstić information content (AvgIpc) is 2.67. The van der Waals surface area contributed by atoms with Crippen LogP contribution >= 0.6 is 0 Å². The predicted molar refractivity (Wildman–Crippen MR) is 91.9 cm³/mol. The first-order valence-corrected chi connectivity index (χ1v) is 7.44. The number of para-hydroxylation sites is 1. The topological polar surface area (TPSA) is 101 Å². The highest BCUT2D eigenvalue weighted by molar-refractivity contribution is 6.00. The molecule has 9 heteroatoms. The van der Waals surface area contributed by atoms with Crippen molar-refractivity contribution < 1.29 is 18.0 Å². The van der Waals surface area contributed by atoms with Gasteiger partial charge in [0.05, 0.1) is 22.5 Å². The molecule has 1 amide bonds. The van der Waals surface area contributed by atoms with Crippen LogP contribution in [0.2, 0.25) is 0 Å². The van der Waals surface area contributed by atoms with Crippen molar-refractivity contribution in [1.29, 1.82) is 10.5 Å². The number of halogens is 3. The third-order valence-corrected chi connectivity index (χ3v) is 3.30. The van der Waals surface area contributed by atoms with E-state index < -0.39 is 17.6 Å². The van der Waals surface area contributed by atoms with Crippen LogP contribution < -0.4 is 16.2 Å². The number of nitrogens with zero attached hydrogens (tertiary/aromatic N) is 2. The Hall–Kier alpha value is -3.98. The summed E-state index contributed by atoms with van der Waals surface area (Å²) in [6, 6.07) is 14.2. The van der Waals surface area contributed by atoms with Gasteiger partial charge in [0, 0.05) is 6.20 Å². The molecule has 3 N–H and O–H groups in total. The Balaban J connectivity index is 2.31. The first-order valence-electron chi connectivity index (χ1n) is 7.44. The summed E-state index contributed by atoms with van der Waals surface area (Å²) in [6.07, 6.45) is -3.63. The molecule has 136 valence electrons. The molecule has 0 aliphatic rings. The number of hydrogen-bond donors (Lipinski definition) is 3. The van der Waals surface area contributed by atoms with Crippen molar-refractivity contribution in [2.45, 2.75) is 6.18 Å². The monoisotopic (exact) mass is 371 g/mol. The molecule has 0 radical (unpaired) electrons. The average molecular weight is 371 g/mol. The number of nitrogens with one attached hydrogen (secondary N) is 3. The van der Waals surface area contributed by atoms with E-state index in [1.165, 1.54) is 0 Å². The van der Waals surface area contributed by atoms with Crippen molar-refractivity contribution in [1.82, 2.24) is 5.43 Å². The molecule has 2 rings (SSSR count). The molecule has 0 spiro atoms. The van der Waals surface area contributed by atoms with Gasteiger partial charge in [-0.15, -0.1) is 0 Å². The van der Waals surface area contributed by atoms with E-state index in [2.05, 4.69) is 16.2 Å². The lowest BCUT2D eigenvalue weighted by Crippen LogP contribution is -2.30. The van der Waals surface area contributed by atoms with Gasteiger partial charge in [-0.1, -0.05) is 18.2 Å². The summed E-state index contributed by atoms with van der Waals surface area (Å²) in [5, 5.41) is 20.0. The van der Waals surface area contributed by atoms with Gasteiger partial charge >= 0.3 is 6.18 Å². The zero-order chi connectivity index (χ0) is 19.9. The lowest BCUT2D eigenvalue weighted by molar-refractivity contribution is -0.137. The number of benzene rings is 2. The number of rotatable bonds is 5. The molecular weight excluding hydrogens is 359 g/mol. The maximum Gasteiger partial charge on any atom is 0.416 e. The van der Waals surface area contributed by atoms with Crippen LogP contribution in [0.3, 0.4) is 0 Å². The molecule has 0 aliphatic carbocycles. The van der Waals surface area contributed by atoms with Crippen molar-refractivity contribution in [3.8, 4) is 12.1 Å². The van der Waals surface area contributed by atoms with Gasteiger partial charge in [0.15, 0.2) is 0 Å². The molecule has 0 fully saturated rings. The molecule has 0 unspecified atom stereocenters. The fourth-order valence-electron chi connectivity index (χ4n) is 1.99. The van der Waals surface area contributed by atoms with E-state index in [-0.39, 0.29) is 16.8 Å². The number of hydrazine groups is 1. The van der Waals surface area contributed by atoms with E-state index in [9.17, 15) is 18.0 Å². The summed E-state index contributed by atoms with van der Waals surface area (Å²) in [7, 11) is 0. The molecule has 0 aromatic heterocycles. The Morgan fingerprint density at radius 1 is 1.04 bits per heavy atom. The van der Waals surface area contributed by atoms with Crippen molar-refractivity contribution in [2.24, 2.45) is 0 Å². The summed E-state index contributed by atoms with van der Waals surface area (Å²) in [6.45, 7) is 0. The molecule has 0 atom stereocenters. The Kier molecular flexibility index (Phi) is 6.02. The zero-order valence-corrected chi connectivity index (χ0v) is 13.6. The van der Waals surface area contributed by atoms with Gasteiger partial charge in [-0.05, 0) is 30.3 Å². The SMILES string of the molecule is N#CC(C#N)=CNc1ccc(C(F)(F)F)cc1C(=O)NNc1ccccc1. The van der Waals surface area contributed by atoms with Crippen molar-refractivity contribution in [2.75, 3.05) is 10.7 Å². The van der Waals surface area contributed by atoms with Gasteiger partial charge in [0.2, 0.25) is 0 Å². The minimum Gasteiger partial charge on any atom is -0.359 e. The maximum absolute atomic E-state index is 13.0. The molecule has 2 aromatic carbocycles. The fraction of sp³-hybridized carbons (Fsp3) is 0.0556. The lowest BCUT2D eigenvalue weighted by atomic mass is 10.1. The van der Waals surface area contributed by atoms with Gasteiger partial charge in [0.25, 0.3) is 5.91 Å². The van der Waals surface area contributed by atoms with E-state index in [1.807, 2.05) is 0 Å². The number of carbonyl (C=O) groups is 1. The van der Waals surface area contributed by atoms with Crippen LogP contribution in [0.15, 0.2) is 60.3 Å². The van der Waals surface area contributed by atoms with Gasteiger partial charge in [-0.2, -0.15) is 23.7 Å². The van der Waals surface area contributed by atoms with E-state index in [4.69, 9.17) is 10.5 Å². The predicted octanol–water partition coefficient (Wildman–Crippen LogP) is 3.81. The van der Waals surface area contributed by atoms with Gasteiger partial charge < -0.3 is 5.32 Å². The number of amides is 1. The van der Waals surface area contributed by atoms with Crippen LogP contribution in [0.5, 0.6) is 0 Å². The molecule has 2 aromatic rings. The van der Waals surface area contributed by atoms with Crippen LogP contribution in [0, 0.1) is 22.7 Å². The second-order valence-corrected chi connectivity index (χ2v) is 5.13. The highest BCUT2D eigenvalue weighted by Crippen LogP contribution is 2.32. The normalized spacial score (nSPS) is 10.1. The van der Waals surface area contributed by atoms with Gasteiger partial charge in [0.1, 0.15) is 17.7 Å². The largest absolute Gasteiger partial charge is 0.416 e. The first-order chi connectivity index (χ1) is 12.8. The maximum atomic E-state index is 13.0. The Morgan fingerprint density at radius 3 is 2.30 bits per heavy atom. The zero-order valence-electron chi connectivity index (χ0n) is 13.6. The van der Waals surface area contributed by atoms with Crippen molar-refractivity contribution >= 4 is 17.3 Å². The number of nitriles is 2. The first kappa shape index (κ1) is 19.3. The standard InChI is InChI=1S/C18H12F3N5O/c19-18(20,21)13-6-7-16(24-11-12(9-22)10-23)15(8-13)17(27)26-25-14-4-2-1-3-5-14/h1-8,11,24-25H,(H,26,27). The smallest absolute Gasteiger partial charge is 0.359 e. The minimum absolute atomic E-state index is 0.00152. The molecule has 0 bridgehead atoms. The molecule has 6 nitrogen and oxygen atoms in total. The second kappa shape index (κ2) is 8.41. The van der Waals surface area contributed by atoms with Crippen LogP contribution in [0.25, 0.3) is 0 Å². The third-order valence-electron chi connectivity index (χ3n) is 3.30. The van der Waals surface area contributed by atoms with Crippen molar-refractivity contribution in [3.63, 3.8) is 0 Å². The lowest BCUT2D eigenvalue weighted by Gasteiger charge is -2.14. The Morgan fingerprint density at radius 2 is 1.70 bits per heavy atom. The fourth-order valence-corrected chi connectivity index (χ4v) is 1.99. The summed E-state index contributed by atoms with van der Waals surface area (Å²) >= 11 is 0. The van der Waals surface area contributed by atoms with Crippen LogP contribution in [0.4, 0.5) is 24.5 Å². The van der Waals surface area contributed by atoms with Crippen LogP contribution in [0.1, 0.15) is 15.9 Å². The van der Waals surface area contributed by atoms with Crippen molar-refractivity contribution in [3.05, 3.63) is 71.4 Å². The summed E-state index contributed by atoms with van der Waals surface area (Å²) in [4.78, 5) is 12.4. The van der Waals surface area contributed by atoms with Gasteiger partial charge in [-0.25, -0.2) is 0 Å². The van der Waals surface area contributed by atoms with E-state index in [1.54, 1.807) is 42.5 Å². The molecule has 27 heavy (non-hydrogen) atoms. The second-order valence-electron chi connectivity index (χ2n) is 5.13. The molecule has 0 heterocycles. The Bertz CT molecular complexity index is 924.